The van der Waals surface area contributed by atoms with E-state index in [1.165, 1.54) is 21.3 Å². The molecule has 0 aliphatic carbocycles. The highest BCUT2D eigenvalue weighted by atomic mass is 32.1. The number of piperazine rings is 1. The lowest BCUT2D eigenvalue weighted by molar-refractivity contribution is 0.0956. The van der Waals surface area contributed by atoms with Crippen molar-refractivity contribution in [3.63, 3.8) is 0 Å². The van der Waals surface area contributed by atoms with Crippen LogP contribution in [0, 0.1) is 13.8 Å². The first kappa shape index (κ1) is 20.9. The molecule has 2 heterocycles. The van der Waals surface area contributed by atoms with Gasteiger partial charge in [0.2, 0.25) is 0 Å². The maximum absolute atomic E-state index is 12.6. The molecule has 0 unspecified atom stereocenters. The molecule has 0 saturated carbocycles. The zero-order valence-corrected chi connectivity index (χ0v) is 18.8. The quantitative estimate of drug-likeness (QED) is 0.554. The molecule has 0 bridgehead atoms. The molecule has 2 aromatic carbocycles. The number of anilines is 1. The average Bonchev–Trinajstić information content (AvgIpc) is 3.11. The fraction of sp³-hybridized carbons (Fsp3) is 0.400. The molecular weight excluding hydrogens is 390 g/mol. The van der Waals surface area contributed by atoms with Crippen molar-refractivity contribution >= 4 is 33.0 Å². The van der Waals surface area contributed by atoms with E-state index in [0.29, 0.717) is 0 Å². The van der Waals surface area contributed by atoms with Crippen molar-refractivity contribution in [2.24, 2.45) is 0 Å². The topological polar surface area (TPSA) is 35.6 Å². The van der Waals surface area contributed by atoms with Gasteiger partial charge in [-0.2, -0.15) is 0 Å². The van der Waals surface area contributed by atoms with Gasteiger partial charge in [0.05, 0.1) is 4.88 Å². The summed E-state index contributed by atoms with van der Waals surface area (Å²) in [5, 5.41) is 4.31. The van der Waals surface area contributed by atoms with Gasteiger partial charge in [-0.1, -0.05) is 30.3 Å². The number of thiophene rings is 1. The molecule has 1 N–H and O–H groups in total. The highest BCUT2D eigenvalue weighted by molar-refractivity contribution is 7.21. The number of aryl methyl sites for hydroxylation is 2. The van der Waals surface area contributed by atoms with Crippen molar-refractivity contribution in [3.8, 4) is 0 Å². The van der Waals surface area contributed by atoms with E-state index in [4.69, 9.17) is 0 Å². The summed E-state index contributed by atoms with van der Waals surface area (Å²) >= 11 is 1.59. The number of hydrogen-bond acceptors (Lipinski definition) is 4. The molecule has 30 heavy (non-hydrogen) atoms. The van der Waals surface area contributed by atoms with Gasteiger partial charge in [0.1, 0.15) is 0 Å². The lowest BCUT2D eigenvalue weighted by Crippen LogP contribution is -2.46. The van der Waals surface area contributed by atoms with Crippen LogP contribution in [0.4, 0.5) is 5.69 Å². The highest BCUT2D eigenvalue weighted by Gasteiger charge is 2.17. The van der Waals surface area contributed by atoms with Crippen LogP contribution in [0.5, 0.6) is 0 Å². The van der Waals surface area contributed by atoms with E-state index in [-0.39, 0.29) is 5.91 Å². The Hall–Kier alpha value is -2.37. The Morgan fingerprint density at radius 1 is 1.00 bits per heavy atom. The average molecular weight is 422 g/mol. The van der Waals surface area contributed by atoms with Crippen LogP contribution in [0.2, 0.25) is 0 Å². The van der Waals surface area contributed by atoms with Crippen LogP contribution < -0.4 is 10.2 Å². The molecule has 1 saturated heterocycles. The molecule has 4 rings (SSSR count). The lowest BCUT2D eigenvalue weighted by Gasteiger charge is -2.36. The summed E-state index contributed by atoms with van der Waals surface area (Å²) in [6, 6.07) is 17.0. The summed E-state index contributed by atoms with van der Waals surface area (Å²) in [4.78, 5) is 18.5. The summed E-state index contributed by atoms with van der Waals surface area (Å²) in [7, 11) is 0. The van der Waals surface area contributed by atoms with Gasteiger partial charge in [-0.25, -0.2) is 0 Å². The van der Waals surface area contributed by atoms with Crippen LogP contribution >= 0.6 is 11.3 Å². The van der Waals surface area contributed by atoms with Crippen LogP contribution in [0.25, 0.3) is 10.1 Å². The predicted octanol–water partition coefficient (Wildman–Crippen LogP) is 4.85. The van der Waals surface area contributed by atoms with Gasteiger partial charge in [0.25, 0.3) is 5.91 Å². The number of rotatable bonds is 7. The minimum atomic E-state index is 0.0699. The Morgan fingerprint density at radius 2 is 1.80 bits per heavy atom. The number of carbonyl (C=O) groups is 1. The second-order valence-electron chi connectivity index (χ2n) is 8.18. The first-order valence-electron chi connectivity index (χ1n) is 10.9. The zero-order valence-electron chi connectivity index (χ0n) is 18.0. The SMILES string of the molecule is Cc1cccc(N2CCN(CCCCNC(=O)c3sc4ccccc4c3C)CC2)c1. The third-order valence-corrected chi connectivity index (χ3v) is 7.25. The number of nitrogens with zero attached hydrogens (tertiary/aromatic N) is 2. The van der Waals surface area contributed by atoms with Gasteiger partial charge in [0.15, 0.2) is 0 Å². The van der Waals surface area contributed by atoms with Crippen molar-refractivity contribution in [2.75, 3.05) is 44.2 Å². The number of nitrogens with one attached hydrogen (secondary N) is 1. The third kappa shape index (κ3) is 4.85. The number of carbonyl (C=O) groups excluding carboxylic acids is 1. The molecule has 0 spiro atoms. The molecule has 158 valence electrons. The lowest BCUT2D eigenvalue weighted by atomic mass is 10.1. The fourth-order valence-corrected chi connectivity index (χ4v) is 5.31. The molecule has 0 atom stereocenters. The van der Waals surface area contributed by atoms with Crippen molar-refractivity contribution < 1.29 is 4.79 Å². The first-order valence-corrected chi connectivity index (χ1v) is 11.7. The fourth-order valence-electron chi connectivity index (χ4n) is 4.19. The summed E-state index contributed by atoms with van der Waals surface area (Å²) in [5.41, 5.74) is 3.76. The second kappa shape index (κ2) is 9.63. The van der Waals surface area contributed by atoms with Gasteiger partial charge in [-0.3, -0.25) is 9.69 Å². The number of hydrogen-bond donors (Lipinski definition) is 1. The molecule has 1 aromatic heterocycles. The summed E-state index contributed by atoms with van der Waals surface area (Å²) in [6.45, 7) is 10.5. The molecule has 4 nitrogen and oxygen atoms in total. The molecule has 1 amide bonds. The van der Waals surface area contributed by atoms with Crippen LogP contribution in [-0.2, 0) is 0 Å². The van der Waals surface area contributed by atoms with Gasteiger partial charge in [-0.05, 0) is 67.9 Å². The van der Waals surface area contributed by atoms with Crippen molar-refractivity contribution in [2.45, 2.75) is 26.7 Å². The first-order chi connectivity index (χ1) is 14.6. The van der Waals surface area contributed by atoms with Gasteiger partial charge in [0, 0.05) is 43.1 Å². The van der Waals surface area contributed by atoms with Crippen LogP contribution in [-0.4, -0.2) is 50.1 Å². The maximum atomic E-state index is 12.6. The number of benzene rings is 2. The second-order valence-corrected chi connectivity index (χ2v) is 9.24. The van der Waals surface area contributed by atoms with Crippen LogP contribution in [0.15, 0.2) is 48.5 Å². The molecule has 3 aromatic rings. The van der Waals surface area contributed by atoms with E-state index in [1.54, 1.807) is 11.3 Å². The number of unbranched alkanes of at least 4 members (excludes halogenated alkanes) is 1. The number of amides is 1. The molecule has 1 fully saturated rings. The normalized spacial score (nSPS) is 14.9. The maximum Gasteiger partial charge on any atom is 0.261 e. The Balaban J connectivity index is 1.16. The molecule has 1 aliphatic heterocycles. The largest absolute Gasteiger partial charge is 0.369 e. The number of fused-ring (bicyclic) bond motifs is 1. The molecule has 5 heteroatoms. The summed E-state index contributed by atoms with van der Waals surface area (Å²) in [6.07, 6.45) is 2.14. The summed E-state index contributed by atoms with van der Waals surface area (Å²) < 4.78 is 1.19. The minimum Gasteiger partial charge on any atom is -0.369 e. The minimum absolute atomic E-state index is 0.0699. The van der Waals surface area contributed by atoms with E-state index in [2.05, 4.69) is 58.4 Å². The van der Waals surface area contributed by atoms with Gasteiger partial charge < -0.3 is 10.2 Å². The van der Waals surface area contributed by atoms with Crippen LogP contribution in [0.3, 0.4) is 0 Å². The van der Waals surface area contributed by atoms with E-state index in [0.717, 1.165) is 62.6 Å². The highest BCUT2D eigenvalue weighted by Crippen LogP contribution is 2.30. The summed E-state index contributed by atoms with van der Waals surface area (Å²) in [5.74, 6) is 0.0699. The van der Waals surface area contributed by atoms with E-state index in [9.17, 15) is 4.79 Å². The smallest absolute Gasteiger partial charge is 0.261 e. The molecule has 1 aliphatic rings. The van der Waals surface area contributed by atoms with Crippen molar-refractivity contribution in [1.82, 2.24) is 10.2 Å². The monoisotopic (exact) mass is 421 g/mol. The van der Waals surface area contributed by atoms with Gasteiger partial charge >= 0.3 is 0 Å². The van der Waals surface area contributed by atoms with Gasteiger partial charge in [-0.15, -0.1) is 11.3 Å². The predicted molar refractivity (Wildman–Crippen MR) is 128 cm³/mol. The van der Waals surface area contributed by atoms with E-state index in [1.807, 2.05) is 19.1 Å². The Kier molecular flexibility index (Phi) is 6.70. The Bertz CT molecular complexity index is 1000. The molecule has 0 radical (unpaired) electrons. The van der Waals surface area contributed by atoms with Crippen molar-refractivity contribution in [1.29, 1.82) is 0 Å². The van der Waals surface area contributed by atoms with Crippen LogP contribution in [0.1, 0.15) is 33.6 Å². The van der Waals surface area contributed by atoms with Crippen molar-refractivity contribution in [3.05, 3.63) is 64.5 Å². The van der Waals surface area contributed by atoms with E-state index >= 15 is 0 Å². The molecular formula is C25H31N3OS. The zero-order chi connectivity index (χ0) is 20.9. The third-order valence-electron chi connectivity index (χ3n) is 5.98. The van der Waals surface area contributed by atoms with E-state index < -0.39 is 0 Å². The Morgan fingerprint density at radius 3 is 2.57 bits per heavy atom. The standard InChI is InChI=1S/C25H31N3OS/c1-19-8-7-9-21(18-19)28-16-14-27(15-17-28)13-6-5-12-26-25(29)24-20(2)22-10-3-4-11-23(22)30-24/h3-4,7-11,18H,5-6,12-17H2,1-2H3,(H,26,29). The Labute approximate surface area is 183 Å².